The maximum absolute atomic E-state index is 12.8. The maximum atomic E-state index is 12.8. The first-order chi connectivity index (χ1) is 7.71. The molecule has 1 atom stereocenters. The fraction of sp³-hybridized carbons (Fsp3) is 0.364. The van der Waals surface area contributed by atoms with Gasteiger partial charge >= 0.3 is 12.1 Å². The van der Waals surface area contributed by atoms with Crippen molar-refractivity contribution in [3.05, 3.63) is 35.1 Å². The van der Waals surface area contributed by atoms with Gasteiger partial charge in [0.05, 0.1) is 11.5 Å². The van der Waals surface area contributed by atoms with Crippen LogP contribution in [0.1, 0.15) is 18.1 Å². The number of carboxylic acid groups (broad SMARTS) is 1. The molecule has 17 heavy (non-hydrogen) atoms. The third-order valence-electron chi connectivity index (χ3n) is 2.32. The molecule has 1 aromatic carbocycles. The third kappa shape index (κ3) is 3.44. The Bertz CT molecular complexity index is 426. The fourth-order valence-corrected chi connectivity index (χ4v) is 1.41. The van der Waals surface area contributed by atoms with E-state index >= 15 is 0 Å². The number of carboxylic acids is 1. The van der Waals surface area contributed by atoms with Crippen LogP contribution in [0.2, 0.25) is 0 Å². The highest BCUT2D eigenvalue weighted by atomic mass is 19.4. The van der Waals surface area contributed by atoms with Crippen LogP contribution < -0.4 is 0 Å². The molecule has 0 saturated carbocycles. The van der Waals surface area contributed by atoms with Crippen molar-refractivity contribution >= 4 is 5.97 Å². The Hall–Kier alpha value is -1.59. The summed E-state index contributed by atoms with van der Waals surface area (Å²) in [4.78, 5) is 10.6. The Morgan fingerprint density at radius 1 is 1.41 bits per heavy atom. The average molecular weight is 250 g/mol. The van der Waals surface area contributed by atoms with Crippen molar-refractivity contribution in [2.75, 3.05) is 0 Å². The van der Waals surface area contributed by atoms with E-state index < -0.39 is 29.4 Å². The fourth-order valence-electron chi connectivity index (χ4n) is 1.41. The lowest BCUT2D eigenvalue weighted by Crippen LogP contribution is -2.16. The van der Waals surface area contributed by atoms with Crippen LogP contribution in [0, 0.1) is 11.7 Å². The molecule has 0 spiro atoms. The Labute approximate surface area is 94.9 Å². The second kappa shape index (κ2) is 4.73. The Balaban J connectivity index is 3.11. The van der Waals surface area contributed by atoms with Gasteiger partial charge in [0.25, 0.3) is 0 Å². The average Bonchev–Trinajstić information content (AvgIpc) is 2.18. The number of hydrogen-bond donors (Lipinski definition) is 1. The van der Waals surface area contributed by atoms with Crippen LogP contribution in [0.15, 0.2) is 18.2 Å². The summed E-state index contributed by atoms with van der Waals surface area (Å²) in [7, 11) is 0. The van der Waals surface area contributed by atoms with Crippen molar-refractivity contribution in [1.29, 1.82) is 0 Å². The van der Waals surface area contributed by atoms with Crippen LogP contribution in [0.4, 0.5) is 17.6 Å². The number of hydrogen-bond acceptors (Lipinski definition) is 1. The second-order valence-corrected chi connectivity index (χ2v) is 3.74. The lowest BCUT2D eigenvalue weighted by molar-refractivity contribution is -0.142. The molecule has 0 amide bonds. The number of carbonyl (C=O) groups is 1. The molecule has 0 saturated heterocycles. The van der Waals surface area contributed by atoms with Gasteiger partial charge in [0, 0.05) is 0 Å². The molecule has 1 unspecified atom stereocenters. The summed E-state index contributed by atoms with van der Waals surface area (Å²) in [5.41, 5.74) is -1.33. The summed E-state index contributed by atoms with van der Waals surface area (Å²) in [6.45, 7) is 1.30. The van der Waals surface area contributed by atoms with Crippen molar-refractivity contribution in [1.82, 2.24) is 0 Å². The van der Waals surface area contributed by atoms with Crippen molar-refractivity contribution in [3.8, 4) is 0 Å². The summed E-state index contributed by atoms with van der Waals surface area (Å²) in [6.07, 6.45) is -4.97. The first-order valence-electron chi connectivity index (χ1n) is 4.80. The monoisotopic (exact) mass is 250 g/mol. The van der Waals surface area contributed by atoms with Gasteiger partial charge in [0.15, 0.2) is 0 Å². The van der Waals surface area contributed by atoms with Crippen LogP contribution in [0.3, 0.4) is 0 Å². The van der Waals surface area contributed by atoms with E-state index in [4.69, 9.17) is 5.11 Å². The summed E-state index contributed by atoms with van der Waals surface area (Å²) < 4.78 is 50.5. The smallest absolute Gasteiger partial charge is 0.416 e. The maximum Gasteiger partial charge on any atom is 0.416 e. The number of alkyl halides is 3. The quantitative estimate of drug-likeness (QED) is 0.837. The van der Waals surface area contributed by atoms with Gasteiger partial charge < -0.3 is 5.11 Å². The van der Waals surface area contributed by atoms with E-state index in [1.54, 1.807) is 0 Å². The molecule has 0 aliphatic rings. The van der Waals surface area contributed by atoms with Gasteiger partial charge in [-0.2, -0.15) is 13.2 Å². The van der Waals surface area contributed by atoms with Crippen LogP contribution in [0.5, 0.6) is 0 Å². The minimum Gasteiger partial charge on any atom is -0.481 e. The lowest BCUT2D eigenvalue weighted by atomic mass is 9.96. The molecule has 0 aliphatic heterocycles. The van der Waals surface area contributed by atoms with Crippen LogP contribution in [-0.4, -0.2) is 11.1 Å². The summed E-state index contributed by atoms with van der Waals surface area (Å²) in [5, 5.41) is 8.64. The van der Waals surface area contributed by atoms with E-state index in [9.17, 15) is 22.4 Å². The minimum atomic E-state index is -4.68. The standard InChI is InChI=1S/C11H10F4O2/c1-6(10(16)17)4-7-2-3-8(12)5-9(7)11(13,14)15/h2-3,5-6H,4H2,1H3,(H,16,17). The minimum absolute atomic E-state index is 0.214. The van der Waals surface area contributed by atoms with Crippen molar-refractivity contribution in [2.24, 2.45) is 5.92 Å². The first kappa shape index (κ1) is 13.5. The zero-order valence-corrected chi connectivity index (χ0v) is 8.88. The normalized spacial score (nSPS) is 13.5. The highest BCUT2D eigenvalue weighted by Gasteiger charge is 2.34. The van der Waals surface area contributed by atoms with E-state index in [-0.39, 0.29) is 12.0 Å². The Morgan fingerprint density at radius 2 is 2.00 bits per heavy atom. The number of halogens is 4. The SMILES string of the molecule is CC(Cc1ccc(F)cc1C(F)(F)F)C(=O)O. The van der Waals surface area contributed by atoms with Gasteiger partial charge in [0.2, 0.25) is 0 Å². The molecule has 2 nitrogen and oxygen atoms in total. The Kier molecular flexibility index (Phi) is 3.75. The number of aliphatic carboxylic acids is 1. The molecule has 1 rings (SSSR count). The topological polar surface area (TPSA) is 37.3 Å². The van der Waals surface area contributed by atoms with E-state index in [0.717, 1.165) is 12.1 Å². The van der Waals surface area contributed by atoms with Gasteiger partial charge in [-0.25, -0.2) is 4.39 Å². The molecule has 0 heterocycles. The van der Waals surface area contributed by atoms with E-state index in [1.165, 1.54) is 6.92 Å². The molecule has 1 aromatic rings. The van der Waals surface area contributed by atoms with Crippen molar-refractivity contribution in [3.63, 3.8) is 0 Å². The van der Waals surface area contributed by atoms with E-state index in [2.05, 4.69) is 0 Å². The highest BCUT2D eigenvalue weighted by molar-refractivity contribution is 5.70. The zero-order valence-electron chi connectivity index (χ0n) is 8.88. The molecule has 0 fully saturated rings. The van der Waals surface area contributed by atoms with Crippen molar-refractivity contribution < 1.29 is 27.5 Å². The molecular formula is C11H10F4O2. The van der Waals surface area contributed by atoms with Crippen LogP contribution in [-0.2, 0) is 17.4 Å². The third-order valence-corrected chi connectivity index (χ3v) is 2.32. The molecular weight excluding hydrogens is 240 g/mol. The van der Waals surface area contributed by atoms with Gasteiger partial charge in [-0.1, -0.05) is 13.0 Å². The van der Waals surface area contributed by atoms with Gasteiger partial charge in [-0.15, -0.1) is 0 Å². The molecule has 0 aliphatic carbocycles. The van der Waals surface area contributed by atoms with Crippen LogP contribution >= 0.6 is 0 Å². The molecule has 6 heteroatoms. The molecule has 1 N–H and O–H groups in total. The lowest BCUT2D eigenvalue weighted by Gasteiger charge is -2.14. The Morgan fingerprint density at radius 3 is 2.47 bits per heavy atom. The summed E-state index contributed by atoms with van der Waals surface area (Å²) in [6, 6.07) is 2.24. The molecule has 0 aromatic heterocycles. The second-order valence-electron chi connectivity index (χ2n) is 3.74. The predicted molar refractivity (Wildman–Crippen MR) is 51.9 cm³/mol. The van der Waals surface area contributed by atoms with Crippen molar-refractivity contribution in [2.45, 2.75) is 19.5 Å². The van der Waals surface area contributed by atoms with Gasteiger partial charge in [-0.05, 0) is 24.1 Å². The first-order valence-corrected chi connectivity index (χ1v) is 4.80. The van der Waals surface area contributed by atoms with Crippen LogP contribution in [0.25, 0.3) is 0 Å². The summed E-state index contributed by atoms with van der Waals surface area (Å²) in [5.74, 6) is -3.15. The largest absolute Gasteiger partial charge is 0.481 e. The number of benzene rings is 1. The predicted octanol–water partition coefficient (Wildman–Crippen LogP) is 3.11. The van der Waals surface area contributed by atoms with E-state index in [0.29, 0.717) is 6.07 Å². The van der Waals surface area contributed by atoms with Gasteiger partial charge in [0.1, 0.15) is 5.82 Å². The zero-order chi connectivity index (χ0) is 13.2. The van der Waals surface area contributed by atoms with Gasteiger partial charge in [-0.3, -0.25) is 4.79 Å². The molecule has 0 bridgehead atoms. The molecule has 94 valence electrons. The highest BCUT2D eigenvalue weighted by Crippen LogP contribution is 2.33. The van der Waals surface area contributed by atoms with E-state index in [1.807, 2.05) is 0 Å². The summed E-state index contributed by atoms with van der Waals surface area (Å²) >= 11 is 0. The molecule has 0 radical (unpaired) electrons. The number of rotatable bonds is 3.